The highest BCUT2D eigenvalue weighted by Crippen LogP contribution is 2.29. The Bertz CT molecular complexity index is 690. The van der Waals surface area contributed by atoms with Crippen LogP contribution in [0.15, 0.2) is 24.3 Å². The van der Waals surface area contributed by atoms with Crippen molar-refractivity contribution >= 4 is 29.5 Å². The Morgan fingerprint density at radius 3 is 2.76 bits per heavy atom. The van der Waals surface area contributed by atoms with Gasteiger partial charge in [-0.25, -0.2) is 4.79 Å². The van der Waals surface area contributed by atoms with Crippen LogP contribution in [-0.2, 0) is 19.1 Å². The Kier molecular flexibility index (Phi) is 5.93. The Labute approximate surface area is 144 Å². The SMILES string of the molecule is CCNC(=O)NC(=O)C(C)OC(=O)CC1Oc2ccccc2NC1=O. The number of esters is 1. The molecule has 1 aliphatic rings. The number of amides is 4. The number of hydrogen-bond acceptors (Lipinski definition) is 6. The van der Waals surface area contributed by atoms with Gasteiger partial charge in [0.1, 0.15) is 5.75 Å². The molecule has 0 spiro atoms. The third-order valence-electron chi connectivity index (χ3n) is 3.31. The predicted octanol–water partition coefficient (Wildman–Crippen LogP) is 0.554. The van der Waals surface area contributed by atoms with Gasteiger partial charge in [-0.05, 0) is 26.0 Å². The molecule has 1 heterocycles. The molecule has 0 aromatic heterocycles. The molecule has 3 N–H and O–H groups in total. The van der Waals surface area contributed by atoms with E-state index >= 15 is 0 Å². The highest BCUT2D eigenvalue weighted by atomic mass is 16.6. The molecule has 0 saturated carbocycles. The van der Waals surface area contributed by atoms with Crippen LogP contribution in [0.2, 0.25) is 0 Å². The fourth-order valence-corrected chi connectivity index (χ4v) is 2.10. The van der Waals surface area contributed by atoms with Gasteiger partial charge in [-0.1, -0.05) is 12.1 Å². The molecule has 0 bridgehead atoms. The van der Waals surface area contributed by atoms with Gasteiger partial charge in [0.05, 0.1) is 12.1 Å². The molecule has 2 unspecified atom stereocenters. The van der Waals surface area contributed by atoms with E-state index < -0.39 is 36.0 Å². The second kappa shape index (κ2) is 8.13. The van der Waals surface area contributed by atoms with Crippen LogP contribution >= 0.6 is 0 Å². The highest BCUT2D eigenvalue weighted by Gasteiger charge is 2.31. The lowest BCUT2D eigenvalue weighted by Crippen LogP contribution is -2.45. The molecule has 1 aromatic carbocycles. The first-order valence-corrected chi connectivity index (χ1v) is 7.75. The summed E-state index contributed by atoms with van der Waals surface area (Å²) in [6.45, 7) is 3.37. The van der Waals surface area contributed by atoms with Crippen molar-refractivity contribution in [3.05, 3.63) is 24.3 Å². The first-order chi connectivity index (χ1) is 11.9. The maximum atomic E-state index is 12.0. The predicted molar refractivity (Wildman–Crippen MR) is 86.9 cm³/mol. The van der Waals surface area contributed by atoms with Crippen molar-refractivity contribution in [2.24, 2.45) is 0 Å². The van der Waals surface area contributed by atoms with Crippen LogP contribution in [0.4, 0.5) is 10.5 Å². The highest BCUT2D eigenvalue weighted by molar-refractivity contribution is 6.00. The minimum atomic E-state index is -1.19. The summed E-state index contributed by atoms with van der Waals surface area (Å²) in [5.41, 5.74) is 0.520. The lowest BCUT2D eigenvalue weighted by molar-refractivity contribution is -0.157. The Morgan fingerprint density at radius 1 is 1.32 bits per heavy atom. The van der Waals surface area contributed by atoms with Crippen molar-refractivity contribution < 1.29 is 28.7 Å². The summed E-state index contributed by atoms with van der Waals surface area (Å²) in [4.78, 5) is 46.9. The van der Waals surface area contributed by atoms with Crippen LogP contribution in [0.5, 0.6) is 5.75 Å². The van der Waals surface area contributed by atoms with Crippen LogP contribution in [0.1, 0.15) is 20.3 Å². The largest absolute Gasteiger partial charge is 0.478 e. The number of rotatable bonds is 5. The summed E-state index contributed by atoms with van der Waals surface area (Å²) in [5, 5.41) is 7.04. The van der Waals surface area contributed by atoms with Gasteiger partial charge in [0, 0.05) is 6.54 Å². The van der Waals surface area contributed by atoms with E-state index in [1.54, 1.807) is 31.2 Å². The molecule has 2 atom stereocenters. The standard InChI is InChI=1S/C16H19N3O6/c1-3-17-16(23)19-14(21)9(2)24-13(20)8-12-15(22)18-10-6-4-5-7-11(10)25-12/h4-7,9,12H,3,8H2,1-2H3,(H,18,22)(H2,17,19,21,23). The van der Waals surface area contributed by atoms with Gasteiger partial charge in [-0.3, -0.25) is 19.7 Å². The fourth-order valence-electron chi connectivity index (χ4n) is 2.10. The smallest absolute Gasteiger partial charge is 0.321 e. The Hall–Kier alpha value is -3.10. The number of benzene rings is 1. The minimum Gasteiger partial charge on any atom is -0.478 e. The van der Waals surface area contributed by atoms with Gasteiger partial charge in [0.2, 0.25) is 0 Å². The van der Waals surface area contributed by atoms with E-state index in [1.165, 1.54) is 6.92 Å². The van der Waals surface area contributed by atoms with E-state index in [0.29, 0.717) is 18.0 Å². The summed E-state index contributed by atoms with van der Waals surface area (Å²) < 4.78 is 10.4. The van der Waals surface area contributed by atoms with Crippen LogP contribution in [0, 0.1) is 0 Å². The number of urea groups is 1. The van der Waals surface area contributed by atoms with Crippen LogP contribution in [0.25, 0.3) is 0 Å². The van der Waals surface area contributed by atoms with E-state index in [-0.39, 0.29) is 6.42 Å². The van der Waals surface area contributed by atoms with Gasteiger partial charge in [-0.15, -0.1) is 0 Å². The fraction of sp³-hybridized carbons (Fsp3) is 0.375. The molecular weight excluding hydrogens is 330 g/mol. The third-order valence-corrected chi connectivity index (χ3v) is 3.31. The first kappa shape index (κ1) is 18.2. The maximum absolute atomic E-state index is 12.0. The number of anilines is 1. The van der Waals surface area contributed by atoms with E-state index in [1.807, 2.05) is 5.32 Å². The average Bonchev–Trinajstić information content (AvgIpc) is 2.55. The van der Waals surface area contributed by atoms with Gasteiger partial charge in [-0.2, -0.15) is 0 Å². The average molecular weight is 349 g/mol. The summed E-state index contributed by atoms with van der Waals surface area (Å²) in [7, 11) is 0. The summed E-state index contributed by atoms with van der Waals surface area (Å²) in [6, 6.07) is 6.14. The third kappa shape index (κ3) is 4.93. The first-order valence-electron chi connectivity index (χ1n) is 7.75. The van der Waals surface area contributed by atoms with E-state index in [4.69, 9.17) is 9.47 Å². The molecule has 0 aliphatic carbocycles. The zero-order valence-corrected chi connectivity index (χ0v) is 13.8. The van der Waals surface area contributed by atoms with Crippen molar-refractivity contribution in [2.45, 2.75) is 32.5 Å². The van der Waals surface area contributed by atoms with E-state index in [2.05, 4.69) is 10.6 Å². The number of para-hydroxylation sites is 2. The quantitative estimate of drug-likeness (QED) is 0.667. The molecule has 134 valence electrons. The number of nitrogens with one attached hydrogen (secondary N) is 3. The van der Waals surface area contributed by atoms with E-state index in [9.17, 15) is 19.2 Å². The van der Waals surface area contributed by atoms with Crippen molar-refractivity contribution in [3.8, 4) is 5.75 Å². The van der Waals surface area contributed by atoms with Crippen LogP contribution in [0.3, 0.4) is 0 Å². The van der Waals surface area contributed by atoms with Gasteiger partial charge in [0.15, 0.2) is 12.2 Å². The lowest BCUT2D eigenvalue weighted by atomic mass is 10.1. The topological polar surface area (TPSA) is 123 Å². The number of imide groups is 1. The second-order valence-electron chi connectivity index (χ2n) is 5.28. The molecule has 0 fully saturated rings. The molecule has 1 aromatic rings. The summed E-state index contributed by atoms with van der Waals surface area (Å²) in [6.07, 6.45) is -2.60. The Balaban J connectivity index is 1.86. The number of hydrogen-bond donors (Lipinski definition) is 3. The van der Waals surface area contributed by atoms with Gasteiger partial charge >= 0.3 is 12.0 Å². The monoisotopic (exact) mass is 349 g/mol. The Morgan fingerprint density at radius 2 is 2.04 bits per heavy atom. The molecule has 1 aliphatic heterocycles. The molecule has 25 heavy (non-hydrogen) atoms. The zero-order valence-electron chi connectivity index (χ0n) is 13.8. The molecule has 4 amide bonds. The zero-order chi connectivity index (χ0) is 18.4. The van der Waals surface area contributed by atoms with Crippen molar-refractivity contribution in [1.29, 1.82) is 0 Å². The van der Waals surface area contributed by atoms with Crippen LogP contribution < -0.4 is 20.7 Å². The summed E-state index contributed by atoms with van der Waals surface area (Å²) in [5.74, 6) is -1.59. The van der Waals surface area contributed by atoms with Crippen molar-refractivity contribution in [3.63, 3.8) is 0 Å². The molecule has 0 radical (unpaired) electrons. The van der Waals surface area contributed by atoms with Crippen molar-refractivity contribution in [1.82, 2.24) is 10.6 Å². The van der Waals surface area contributed by atoms with Gasteiger partial charge in [0.25, 0.3) is 11.8 Å². The molecular formula is C16H19N3O6. The van der Waals surface area contributed by atoms with Crippen LogP contribution in [-0.4, -0.2) is 42.6 Å². The number of ether oxygens (including phenoxy) is 2. The number of fused-ring (bicyclic) bond motifs is 1. The molecule has 9 heteroatoms. The maximum Gasteiger partial charge on any atom is 0.321 e. The number of carbonyl (C=O) groups is 4. The second-order valence-corrected chi connectivity index (χ2v) is 5.28. The summed E-state index contributed by atoms with van der Waals surface area (Å²) >= 11 is 0. The normalized spacial score (nSPS) is 16.6. The van der Waals surface area contributed by atoms with E-state index in [0.717, 1.165) is 0 Å². The van der Waals surface area contributed by atoms with Gasteiger partial charge < -0.3 is 20.1 Å². The molecule has 9 nitrogen and oxygen atoms in total. The van der Waals surface area contributed by atoms with Crippen molar-refractivity contribution in [2.75, 3.05) is 11.9 Å². The molecule has 0 saturated heterocycles. The minimum absolute atomic E-state index is 0.350. The molecule has 2 rings (SSSR count). The number of carbonyl (C=O) groups excluding carboxylic acids is 4. The lowest BCUT2D eigenvalue weighted by Gasteiger charge is -2.25.